The standard InChI is InChI=1S/C20H36O4/c1-2-3-9-17(21)14-12-16-13-15-19(22)18(16)10-7-5-4-6-8-11-20(23)24/h12,14,16-19,21-22H,2-11,13,15H2,1H3,(H,23,24). The molecule has 24 heavy (non-hydrogen) atoms. The lowest BCUT2D eigenvalue weighted by Gasteiger charge is -2.20. The van der Waals surface area contributed by atoms with Gasteiger partial charge in [0, 0.05) is 6.42 Å². The van der Waals surface area contributed by atoms with Crippen molar-refractivity contribution in [2.75, 3.05) is 0 Å². The van der Waals surface area contributed by atoms with Gasteiger partial charge in [0.05, 0.1) is 12.2 Å². The number of carboxylic acid groups (broad SMARTS) is 1. The second-order valence-corrected chi connectivity index (χ2v) is 7.27. The number of hydrogen-bond acceptors (Lipinski definition) is 3. The summed E-state index contributed by atoms with van der Waals surface area (Å²) in [5.74, 6) is 0.00163. The molecule has 0 saturated heterocycles. The zero-order valence-electron chi connectivity index (χ0n) is 15.2. The highest BCUT2D eigenvalue weighted by atomic mass is 16.4. The number of allylic oxidation sites excluding steroid dienone is 1. The normalized spacial score (nSPS) is 25.4. The Bertz CT molecular complexity index is 367. The number of aliphatic hydroxyl groups is 2. The summed E-state index contributed by atoms with van der Waals surface area (Å²) < 4.78 is 0. The Morgan fingerprint density at radius 2 is 1.83 bits per heavy atom. The van der Waals surface area contributed by atoms with Crippen LogP contribution in [0.2, 0.25) is 0 Å². The lowest BCUT2D eigenvalue weighted by molar-refractivity contribution is -0.137. The van der Waals surface area contributed by atoms with Gasteiger partial charge in [0.25, 0.3) is 0 Å². The summed E-state index contributed by atoms with van der Waals surface area (Å²) in [6.45, 7) is 2.13. The van der Waals surface area contributed by atoms with Crippen LogP contribution in [0.15, 0.2) is 12.2 Å². The Morgan fingerprint density at radius 3 is 2.54 bits per heavy atom. The van der Waals surface area contributed by atoms with Gasteiger partial charge in [0.2, 0.25) is 0 Å². The number of carbonyl (C=O) groups is 1. The van der Waals surface area contributed by atoms with Crippen LogP contribution in [0.5, 0.6) is 0 Å². The van der Waals surface area contributed by atoms with E-state index < -0.39 is 5.97 Å². The summed E-state index contributed by atoms with van der Waals surface area (Å²) in [5.41, 5.74) is 0. The van der Waals surface area contributed by atoms with Gasteiger partial charge in [0.15, 0.2) is 0 Å². The first-order chi connectivity index (χ1) is 11.5. The van der Waals surface area contributed by atoms with E-state index in [1.807, 2.05) is 6.08 Å². The number of hydrogen-bond donors (Lipinski definition) is 3. The largest absolute Gasteiger partial charge is 0.481 e. The van der Waals surface area contributed by atoms with Crippen molar-refractivity contribution < 1.29 is 20.1 Å². The van der Waals surface area contributed by atoms with Crippen molar-refractivity contribution in [3.05, 3.63) is 12.2 Å². The fourth-order valence-electron chi connectivity index (χ4n) is 3.69. The summed E-state index contributed by atoms with van der Waals surface area (Å²) in [6, 6.07) is 0. The zero-order valence-corrected chi connectivity index (χ0v) is 15.2. The molecule has 4 heteroatoms. The lowest BCUT2D eigenvalue weighted by atomic mass is 9.88. The second-order valence-electron chi connectivity index (χ2n) is 7.27. The molecule has 0 aromatic rings. The molecule has 0 radical (unpaired) electrons. The molecule has 1 aliphatic carbocycles. The number of carboxylic acids is 1. The van der Waals surface area contributed by atoms with Crippen molar-refractivity contribution in [2.24, 2.45) is 11.8 Å². The van der Waals surface area contributed by atoms with E-state index in [0.29, 0.717) is 11.8 Å². The van der Waals surface area contributed by atoms with Crippen LogP contribution in [0, 0.1) is 11.8 Å². The zero-order chi connectivity index (χ0) is 17.8. The topological polar surface area (TPSA) is 77.8 Å². The highest BCUT2D eigenvalue weighted by molar-refractivity contribution is 5.66. The van der Waals surface area contributed by atoms with Crippen LogP contribution in [0.3, 0.4) is 0 Å². The van der Waals surface area contributed by atoms with Crippen molar-refractivity contribution in [2.45, 2.75) is 96.2 Å². The third-order valence-corrected chi connectivity index (χ3v) is 5.20. The second kappa shape index (κ2) is 12.5. The Balaban J connectivity index is 2.23. The molecule has 4 nitrogen and oxygen atoms in total. The van der Waals surface area contributed by atoms with Gasteiger partial charge in [0.1, 0.15) is 0 Å². The Kier molecular flexibility index (Phi) is 11.0. The number of aliphatic hydroxyl groups excluding tert-OH is 2. The average molecular weight is 341 g/mol. The Hall–Kier alpha value is -0.870. The summed E-state index contributed by atoms with van der Waals surface area (Å²) in [5, 5.41) is 28.7. The first kappa shape index (κ1) is 21.2. The molecule has 0 aliphatic heterocycles. The smallest absolute Gasteiger partial charge is 0.303 e. The van der Waals surface area contributed by atoms with E-state index >= 15 is 0 Å². The van der Waals surface area contributed by atoms with E-state index in [9.17, 15) is 15.0 Å². The first-order valence-electron chi connectivity index (χ1n) is 9.80. The molecular weight excluding hydrogens is 304 g/mol. The molecule has 3 N–H and O–H groups in total. The van der Waals surface area contributed by atoms with Crippen molar-refractivity contribution in [1.29, 1.82) is 0 Å². The minimum Gasteiger partial charge on any atom is -0.481 e. The molecular formula is C20H36O4. The molecule has 4 atom stereocenters. The first-order valence-corrected chi connectivity index (χ1v) is 9.80. The summed E-state index contributed by atoms with van der Waals surface area (Å²) in [4.78, 5) is 10.4. The molecule has 0 amide bonds. The lowest BCUT2D eigenvalue weighted by Crippen LogP contribution is -2.18. The molecule has 0 aromatic carbocycles. The predicted octanol–water partition coefficient (Wildman–Crippen LogP) is 4.30. The number of rotatable bonds is 13. The summed E-state index contributed by atoms with van der Waals surface area (Å²) in [6.07, 6.45) is 14.7. The molecule has 0 bridgehead atoms. The summed E-state index contributed by atoms with van der Waals surface area (Å²) >= 11 is 0. The molecule has 1 aliphatic rings. The highest BCUT2D eigenvalue weighted by Crippen LogP contribution is 2.36. The fraction of sp³-hybridized carbons (Fsp3) is 0.850. The van der Waals surface area contributed by atoms with Crippen LogP contribution < -0.4 is 0 Å². The van der Waals surface area contributed by atoms with Gasteiger partial charge < -0.3 is 15.3 Å². The quantitative estimate of drug-likeness (QED) is 0.345. The van der Waals surface area contributed by atoms with E-state index in [1.165, 1.54) is 0 Å². The monoisotopic (exact) mass is 340 g/mol. The van der Waals surface area contributed by atoms with E-state index in [1.54, 1.807) is 0 Å². The van der Waals surface area contributed by atoms with Crippen LogP contribution in [0.4, 0.5) is 0 Å². The fourth-order valence-corrected chi connectivity index (χ4v) is 3.69. The maximum atomic E-state index is 10.4. The highest BCUT2D eigenvalue weighted by Gasteiger charge is 2.32. The molecule has 1 rings (SSSR count). The minimum absolute atomic E-state index is 0.209. The van der Waals surface area contributed by atoms with Gasteiger partial charge in [-0.1, -0.05) is 57.6 Å². The van der Waals surface area contributed by atoms with Crippen LogP contribution in [-0.4, -0.2) is 33.5 Å². The maximum absolute atomic E-state index is 10.4. The minimum atomic E-state index is -0.708. The molecule has 1 saturated carbocycles. The molecule has 1 fully saturated rings. The van der Waals surface area contributed by atoms with Crippen molar-refractivity contribution >= 4 is 5.97 Å². The van der Waals surface area contributed by atoms with E-state index in [-0.39, 0.29) is 18.6 Å². The Morgan fingerprint density at radius 1 is 1.12 bits per heavy atom. The Labute approximate surface area is 147 Å². The molecule has 0 spiro atoms. The van der Waals surface area contributed by atoms with Crippen molar-refractivity contribution in [3.63, 3.8) is 0 Å². The van der Waals surface area contributed by atoms with Gasteiger partial charge in [-0.05, 0) is 43.9 Å². The van der Waals surface area contributed by atoms with Crippen molar-refractivity contribution in [3.8, 4) is 0 Å². The van der Waals surface area contributed by atoms with E-state index in [4.69, 9.17) is 5.11 Å². The van der Waals surface area contributed by atoms with Crippen molar-refractivity contribution in [1.82, 2.24) is 0 Å². The van der Waals surface area contributed by atoms with Gasteiger partial charge in [-0.2, -0.15) is 0 Å². The predicted molar refractivity (Wildman–Crippen MR) is 96.8 cm³/mol. The van der Waals surface area contributed by atoms with Crippen LogP contribution >= 0.6 is 0 Å². The maximum Gasteiger partial charge on any atom is 0.303 e. The van der Waals surface area contributed by atoms with Gasteiger partial charge in [-0.3, -0.25) is 4.79 Å². The molecule has 140 valence electrons. The van der Waals surface area contributed by atoms with Gasteiger partial charge >= 0.3 is 5.97 Å². The van der Waals surface area contributed by atoms with Crippen LogP contribution in [0.1, 0.15) is 84.0 Å². The number of unbranched alkanes of at least 4 members (excludes halogenated alkanes) is 5. The van der Waals surface area contributed by atoms with Gasteiger partial charge in [-0.25, -0.2) is 0 Å². The number of aliphatic carboxylic acids is 1. The van der Waals surface area contributed by atoms with E-state index in [2.05, 4.69) is 13.0 Å². The summed E-state index contributed by atoms with van der Waals surface area (Å²) in [7, 11) is 0. The molecule has 0 aromatic heterocycles. The third kappa shape index (κ3) is 8.84. The van der Waals surface area contributed by atoms with Crippen LogP contribution in [0.25, 0.3) is 0 Å². The third-order valence-electron chi connectivity index (χ3n) is 5.20. The SMILES string of the molecule is CCCCC(O)C=CC1CCC(O)C1CCCCCCCC(=O)O. The van der Waals surface area contributed by atoms with E-state index in [0.717, 1.165) is 70.6 Å². The van der Waals surface area contributed by atoms with Crippen LogP contribution in [-0.2, 0) is 4.79 Å². The molecule has 4 unspecified atom stereocenters. The van der Waals surface area contributed by atoms with Gasteiger partial charge in [-0.15, -0.1) is 0 Å². The molecule has 0 heterocycles. The average Bonchev–Trinajstić information content (AvgIpc) is 2.90.